The first-order valence-electron chi connectivity index (χ1n) is 9.07. The Morgan fingerprint density at radius 2 is 1.67 bits per heavy atom. The van der Waals surface area contributed by atoms with Crippen molar-refractivity contribution in [3.63, 3.8) is 0 Å². The fourth-order valence-corrected chi connectivity index (χ4v) is 5.87. The molecule has 3 aliphatic rings. The predicted molar refractivity (Wildman–Crippen MR) is 89.1 cm³/mol. The fourth-order valence-electron chi connectivity index (χ4n) is 5.87. The number of rotatable bonds is 2. The second-order valence-electron chi connectivity index (χ2n) is 9.46. The summed E-state index contributed by atoms with van der Waals surface area (Å²) < 4.78 is 0. The van der Waals surface area contributed by atoms with Gasteiger partial charge in [-0.2, -0.15) is 0 Å². The molecule has 0 spiro atoms. The van der Waals surface area contributed by atoms with Crippen LogP contribution >= 0.6 is 0 Å². The average molecular weight is 290 g/mol. The smallest absolute Gasteiger partial charge is 0.0687 e. The van der Waals surface area contributed by atoms with E-state index in [0.29, 0.717) is 11.3 Å². The topological polar surface area (TPSA) is 20.2 Å². The van der Waals surface area contributed by atoms with Crippen molar-refractivity contribution in [2.45, 2.75) is 85.2 Å². The van der Waals surface area contributed by atoms with Crippen LogP contribution in [0.5, 0.6) is 0 Å². The van der Waals surface area contributed by atoms with E-state index in [1.54, 1.807) is 5.57 Å². The van der Waals surface area contributed by atoms with Crippen LogP contribution in [0, 0.1) is 28.6 Å². The molecule has 3 saturated carbocycles. The lowest BCUT2D eigenvalue weighted by Gasteiger charge is -2.60. The molecule has 3 fully saturated rings. The Balaban J connectivity index is 1.98. The summed E-state index contributed by atoms with van der Waals surface area (Å²) in [4.78, 5) is 0. The van der Waals surface area contributed by atoms with Crippen LogP contribution in [0.25, 0.3) is 0 Å². The standard InChI is InChI=1S/C20H34O/c1-14(15-7-8-15)13-17-19(4)11-6-10-18(2,3)16(19)9-12-20(17,5)21/h13,15-17,21H,6-12H2,1-5H3/b14-13-/t16-,17+,19-,20+/m0/s1. The molecule has 1 nitrogen and oxygen atoms in total. The lowest BCUT2D eigenvalue weighted by molar-refractivity contribution is -0.149. The van der Waals surface area contributed by atoms with E-state index in [4.69, 9.17) is 0 Å². The highest BCUT2D eigenvalue weighted by Gasteiger charge is 2.57. The van der Waals surface area contributed by atoms with E-state index >= 15 is 0 Å². The predicted octanol–water partition coefficient (Wildman–Crippen LogP) is 5.34. The van der Waals surface area contributed by atoms with E-state index in [1.807, 2.05) is 0 Å². The highest BCUT2D eigenvalue weighted by molar-refractivity contribution is 5.19. The highest BCUT2D eigenvalue weighted by atomic mass is 16.3. The molecule has 4 atom stereocenters. The lowest BCUT2D eigenvalue weighted by Crippen LogP contribution is -2.57. The van der Waals surface area contributed by atoms with Crippen LogP contribution in [-0.4, -0.2) is 10.7 Å². The Morgan fingerprint density at radius 1 is 1.00 bits per heavy atom. The van der Waals surface area contributed by atoms with E-state index in [-0.39, 0.29) is 5.41 Å². The molecular weight excluding hydrogens is 256 g/mol. The zero-order valence-electron chi connectivity index (χ0n) is 14.7. The van der Waals surface area contributed by atoms with Crippen molar-refractivity contribution < 1.29 is 5.11 Å². The molecule has 3 aliphatic carbocycles. The van der Waals surface area contributed by atoms with Gasteiger partial charge in [-0.25, -0.2) is 0 Å². The second kappa shape index (κ2) is 4.85. The van der Waals surface area contributed by atoms with Crippen LogP contribution in [0.2, 0.25) is 0 Å². The summed E-state index contributed by atoms with van der Waals surface area (Å²) in [6, 6.07) is 0. The molecule has 3 rings (SSSR count). The second-order valence-corrected chi connectivity index (χ2v) is 9.46. The monoisotopic (exact) mass is 290 g/mol. The van der Waals surface area contributed by atoms with Crippen molar-refractivity contribution in [1.82, 2.24) is 0 Å². The largest absolute Gasteiger partial charge is 0.390 e. The van der Waals surface area contributed by atoms with Crippen LogP contribution in [0.4, 0.5) is 0 Å². The number of hydrogen-bond donors (Lipinski definition) is 1. The van der Waals surface area contributed by atoms with Crippen LogP contribution < -0.4 is 0 Å². The SMILES string of the molecule is C/C(=C/[C@@H]1[C@@]2(C)CCCC(C)(C)[C@@H]2CC[C@@]1(C)O)C1CC1. The third-order valence-electron chi connectivity index (χ3n) is 7.25. The zero-order chi connectivity index (χ0) is 15.5. The van der Waals surface area contributed by atoms with Crippen molar-refractivity contribution in [3.8, 4) is 0 Å². The van der Waals surface area contributed by atoms with Crippen molar-refractivity contribution in [1.29, 1.82) is 0 Å². The minimum absolute atomic E-state index is 0.277. The van der Waals surface area contributed by atoms with Gasteiger partial charge in [0.05, 0.1) is 5.60 Å². The van der Waals surface area contributed by atoms with Gasteiger partial charge in [-0.15, -0.1) is 0 Å². The minimum atomic E-state index is -0.519. The van der Waals surface area contributed by atoms with Gasteiger partial charge in [0.15, 0.2) is 0 Å². The Morgan fingerprint density at radius 3 is 2.29 bits per heavy atom. The lowest BCUT2D eigenvalue weighted by atomic mass is 9.45. The van der Waals surface area contributed by atoms with Gasteiger partial charge in [-0.3, -0.25) is 0 Å². The van der Waals surface area contributed by atoms with Gasteiger partial charge in [-0.1, -0.05) is 38.8 Å². The van der Waals surface area contributed by atoms with Gasteiger partial charge in [0.25, 0.3) is 0 Å². The number of hydrogen-bond acceptors (Lipinski definition) is 1. The number of aliphatic hydroxyl groups is 1. The molecule has 0 radical (unpaired) electrons. The van der Waals surface area contributed by atoms with Crippen LogP contribution in [0.15, 0.2) is 11.6 Å². The number of allylic oxidation sites excluding steroid dienone is 1. The molecule has 120 valence electrons. The van der Waals surface area contributed by atoms with Crippen LogP contribution in [0.3, 0.4) is 0 Å². The Hall–Kier alpha value is -0.300. The maximum Gasteiger partial charge on any atom is 0.0687 e. The zero-order valence-corrected chi connectivity index (χ0v) is 14.7. The molecule has 0 unspecified atom stereocenters. The molecule has 0 aromatic rings. The molecule has 0 heterocycles. The molecule has 0 saturated heterocycles. The summed E-state index contributed by atoms with van der Waals surface area (Å²) in [5.74, 6) is 1.91. The maximum atomic E-state index is 11.1. The van der Waals surface area contributed by atoms with Gasteiger partial charge >= 0.3 is 0 Å². The summed E-state index contributed by atoms with van der Waals surface area (Å²) in [7, 11) is 0. The summed E-state index contributed by atoms with van der Waals surface area (Å²) >= 11 is 0. The quantitative estimate of drug-likeness (QED) is 0.681. The Bertz CT molecular complexity index is 441. The van der Waals surface area contributed by atoms with Gasteiger partial charge < -0.3 is 5.11 Å². The van der Waals surface area contributed by atoms with Crippen molar-refractivity contribution in [3.05, 3.63) is 11.6 Å². The van der Waals surface area contributed by atoms with Crippen LogP contribution in [0.1, 0.15) is 79.6 Å². The van der Waals surface area contributed by atoms with E-state index in [1.165, 1.54) is 38.5 Å². The van der Waals surface area contributed by atoms with Crippen molar-refractivity contribution >= 4 is 0 Å². The van der Waals surface area contributed by atoms with Gasteiger partial charge in [0, 0.05) is 5.92 Å². The number of fused-ring (bicyclic) bond motifs is 1. The Labute approximate surface area is 131 Å². The van der Waals surface area contributed by atoms with Gasteiger partial charge in [-0.05, 0) is 75.0 Å². The van der Waals surface area contributed by atoms with Crippen molar-refractivity contribution in [2.24, 2.45) is 28.6 Å². The summed E-state index contributed by atoms with van der Waals surface area (Å²) in [6.07, 6.45) is 11.3. The van der Waals surface area contributed by atoms with Gasteiger partial charge in [0.1, 0.15) is 0 Å². The first kappa shape index (κ1) is 15.6. The summed E-state index contributed by atoms with van der Waals surface area (Å²) in [6.45, 7) is 11.8. The van der Waals surface area contributed by atoms with E-state index in [9.17, 15) is 5.11 Å². The molecule has 21 heavy (non-hydrogen) atoms. The first-order valence-corrected chi connectivity index (χ1v) is 9.07. The maximum absolute atomic E-state index is 11.1. The molecule has 0 aliphatic heterocycles. The molecule has 0 aromatic heterocycles. The fraction of sp³-hybridized carbons (Fsp3) is 0.900. The molecule has 0 amide bonds. The first-order chi connectivity index (χ1) is 9.67. The minimum Gasteiger partial charge on any atom is -0.390 e. The van der Waals surface area contributed by atoms with E-state index < -0.39 is 5.60 Å². The molecule has 1 N–H and O–H groups in total. The van der Waals surface area contributed by atoms with E-state index in [0.717, 1.165) is 18.3 Å². The van der Waals surface area contributed by atoms with E-state index in [2.05, 4.69) is 40.7 Å². The summed E-state index contributed by atoms with van der Waals surface area (Å²) in [5, 5.41) is 11.1. The normalized spacial score (nSPS) is 47.0. The molecule has 0 bridgehead atoms. The Kier molecular flexibility index (Phi) is 3.60. The third kappa shape index (κ3) is 2.60. The molecular formula is C20H34O. The molecule has 1 heteroatoms. The van der Waals surface area contributed by atoms with Gasteiger partial charge in [0.2, 0.25) is 0 Å². The third-order valence-corrected chi connectivity index (χ3v) is 7.25. The highest BCUT2D eigenvalue weighted by Crippen LogP contribution is 2.62. The van der Waals surface area contributed by atoms with Crippen molar-refractivity contribution in [2.75, 3.05) is 0 Å². The van der Waals surface area contributed by atoms with Crippen LogP contribution in [-0.2, 0) is 0 Å². The average Bonchev–Trinajstić information content (AvgIpc) is 3.16. The summed E-state index contributed by atoms with van der Waals surface area (Å²) in [5.41, 5.74) is 1.74. The molecule has 0 aromatic carbocycles.